The van der Waals surface area contributed by atoms with Gasteiger partial charge in [0.15, 0.2) is 6.61 Å². The maximum atomic E-state index is 12.8. The highest BCUT2D eigenvalue weighted by atomic mass is 16.5. The molecule has 0 aromatic heterocycles. The number of nitrogens with one attached hydrogen (secondary N) is 1. The monoisotopic (exact) mass is 353 g/mol. The molecule has 4 fully saturated rings. The average Bonchev–Trinajstić information content (AvgIpc) is 3.06. The molecule has 0 spiro atoms. The Morgan fingerprint density at radius 2 is 1.65 bits per heavy atom. The Morgan fingerprint density at radius 3 is 2.35 bits per heavy atom. The van der Waals surface area contributed by atoms with Gasteiger partial charge in [0.1, 0.15) is 0 Å². The summed E-state index contributed by atoms with van der Waals surface area (Å²) >= 11 is 0. The van der Waals surface area contributed by atoms with Gasteiger partial charge in [-0.05, 0) is 98.8 Å². The zero-order valence-corrected chi connectivity index (χ0v) is 15.3. The van der Waals surface area contributed by atoms with E-state index in [-0.39, 0.29) is 23.9 Å². The number of anilines is 1. The summed E-state index contributed by atoms with van der Waals surface area (Å²) in [6.07, 6.45) is 10.2. The highest BCUT2D eigenvalue weighted by Gasteiger charge is 2.55. The molecule has 1 N–H and O–H groups in total. The fourth-order valence-electron chi connectivity index (χ4n) is 6.49. The summed E-state index contributed by atoms with van der Waals surface area (Å²) in [6, 6.07) is 6.10. The van der Waals surface area contributed by atoms with Gasteiger partial charge in [0.05, 0.1) is 5.41 Å². The van der Waals surface area contributed by atoms with Crippen LogP contribution in [-0.4, -0.2) is 18.5 Å². The van der Waals surface area contributed by atoms with Crippen LogP contribution in [0.3, 0.4) is 0 Å². The predicted octanol–water partition coefficient (Wildman–Crippen LogP) is 3.87. The molecule has 1 aromatic rings. The summed E-state index contributed by atoms with van der Waals surface area (Å²) in [7, 11) is 0. The highest BCUT2D eigenvalue weighted by molar-refractivity contribution is 5.93. The Morgan fingerprint density at radius 1 is 1.00 bits per heavy atom. The molecule has 0 saturated heterocycles. The largest absolute Gasteiger partial charge is 0.455 e. The number of hydrogen-bond donors (Lipinski definition) is 1. The van der Waals surface area contributed by atoms with Crippen molar-refractivity contribution in [3.63, 3.8) is 0 Å². The lowest BCUT2D eigenvalue weighted by molar-refractivity contribution is -0.172. The van der Waals surface area contributed by atoms with Crippen LogP contribution >= 0.6 is 0 Å². The van der Waals surface area contributed by atoms with Crippen molar-refractivity contribution >= 4 is 17.6 Å². The van der Waals surface area contributed by atoms with Gasteiger partial charge in [0.2, 0.25) is 0 Å². The van der Waals surface area contributed by atoms with E-state index in [9.17, 15) is 9.59 Å². The first-order chi connectivity index (χ1) is 12.6. The van der Waals surface area contributed by atoms with E-state index in [4.69, 9.17) is 4.74 Å². The van der Waals surface area contributed by atoms with Crippen molar-refractivity contribution in [3.05, 3.63) is 29.3 Å². The topological polar surface area (TPSA) is 55.4 Å². The van der Waals surface area contributed by atoms with Gasteiger partial charge in [-0.15, -0.1) is 0 Å². The second-order valence-electron chi connectivity index (χ2n) is 9.16. The highest BCUT2D eigenvalue weighted by Crippen LogP contribution is 2.60. The van der Waals surface area contributed by atoms with Gasteiger partial charge in [-0.3, -0.25) is 9.59 Å². The van der Waals surface area contributed by atoms with Crippen LogP contribution in [0.4, 0.5) is 5.69 Å². The maximum absolute atomic E-state index is 12.8. The van der Waals surface area contributed by atoms with Crippen LogP contribution in [0.1, 0.15) is 56.1 Å². The number of esters is 1. The van der Waals surface area contributed by atoms with Gasteiger partial charge in [-0.2, -0.15) is 0 Å². The van der Waals surface area contributed by atoms with Crippen LogP contribution in [0, 0.1) is 23.2 Å². The molecular weight excluding hydrogens is 326 g/mol. The summed E-state index contributed by atoms with van der Waals surface area (Å²) < 4.78 is 5.50. The van der Waals surface area contributed by atoms with E-state index in [0.717, 1.165) is 37.8 Å². The maximum Gasteiger partial charge on any atom is 0.312 e. The molecule has 26 heavy (non-hydrogen) atoms. The summed E-state index contributed by atoms with van der Waals surface area (Å²) in [5.41, 5.74) is 3.23. The molecule has 138 valence electrons. The zero-order valence-electron chi connectivity index (χ0n) is 15.3. The smallest absolute Gasteiger partial charge is 0.312 e. The molecule has 0 heterocycles. The van der Waals surface area contributed by atoms with Crippen LogP contribution in [-0.2, 0) is 27.2 Å². The Hall–Kier alpha value is -1.84. The number of aryl methyl sites for hydroxylation is 2. The quantitative estimate of drug-likeness (QED) is 0.836. The Labute approximate surface area is 154 Å². The molecule has 0 unspecified atom stereocenters. The number of hydrogen-bond acceptors (Lipinski definition) is 3. The van der Waals surface area contributed by atoms with E-state index in [2.05, 4.69) is 17.4 Å². The molecule has 1 amide bonds. The standard InChI is InChI=1S/C22H27NO3/c24-20(23-19-5-4-17-2-1-3-18(17)9-19)13-26-21(25)22-10-14-6-15(11-22)8-16(7-14)12-22/h4-5,9,14-16H,1-3,6-8,10-13H2,(H,23,24). The number of carbonyl (C=O) groups excluding carboxylic acids is 2. The molecule has 5 aliphatic carbocycles. The SMILES string of the molecule is O=C(COC(=O)C12CC3CC(CC(C3)C1)C2)Nc1ccc2c(c1)CCC2. The van der Waals surface area contributed by atoms with Crippen LogP contribution in [0.2, 0.25) is 0 Å². The van der Waals surface area contributed by atoms with Crippen molar-refractivity contribution in [2.75, 3.05) is 11.9 Å². The van der Waals surface area contributed by atoms with E-state index in [1.807, 2.05) is 6.07 Å². The van der Waals surface area contributed by atoms with Crippen LogP contribution in [0.15, 0.2) is 18.2 Å². The van der Waals surface area contributed by atoms with Crippen LogP contribution < -0.4 is 5.32 Å². The summed E-state index contributed by atoms with van der Waals surface area (Å²) in [5.74, 6) is 1.75. The van der Waals surface area contributed by atoms with E-state index in [0.29, 0.717) is 17.8 Å². The van der Waals surface area contributed by atoms with Gasteiger partial charge < -0.3 is 10.1 Å². The van der Waals surface area contributed by atoms with Crippen molar-refractivity contribution in [2.24, 2.45) is 23.2 Å². The summed E-state index contributed by atoms with van der Waals surface area (Å²) in [5, 5.41) is 2.88. The summed E-state index contributed by atoms with van der Waals surface area (Å²) in [4.78, 5) is 25.1. The summed E-state index contributed by atoms with van der Waals surface area (Å²) in [6.45, 7) is -0.169. The third kappa shape index (κ3) is 2.83. The Kier molecular flexibility index (Phi) is 3.84. The lowest BCUT2D eigenvalue weighted by Gasteiger charge is -2.55. The minimum atomic E-state index is -0.289. The van der Waals surface area contributed by atoms with Gasteiger partial charge in [-0.25, -0.2) is 0 Å². The van der Waals surface area contributed by atoms with E-state index in [1.54, 1.807) is 0 Å². The average molecular weight is 353 g/mol. The zero-order chi connectivity index (χ0) is 17.7. The fraction of sp³-hybridized carbons (Fsp3) is 0.636. The number of fused-ring (bicyclic) bond motifs is 1. The first-order valence-electron chi connectivity index (χ1n) is 10.2. The third-order valence-electron chi connectivity index (χ3n) is 7.19. The van der Waals surface area contributed by atoms with Crippen molar-refractivity contribution in [2.45, 2.75) is 57.8 Å². The fourth-order valence-corrected chi connectivity index (χ4v) is 6.49. The van der Waals surface area contributed by atoms with Crippen LogP contribution in [0.5, 0.6) is 0 Å². The predicted molar refractivity (Wildman–Crippen MR) is 98.7 cm³/mol. The second kappa shape index (κ2) is 6.11. The Balaban J connectivity index is 1.18. The molecule has 4 nitrogen and oxygen atoms in total. The molecule has 6 rings (SSSR count). The third-order valence-corrected chi connectivity index (χ3v) is 7.19. The van der Waals surface area contributed by atoms with Gasteiger partial charge in [0, 0.05) is 5.69 Å². The van der Waals surface area contributed by atoms with E-state index < -0.39 is 0 Å². The van der Waals surface area contributed by atoms with Crippen molar-refractivity contribution in [1.82, 2.24) is 0 Å². The van der Waals surface area contributed by atoms with Crippen LogP contribution in [0.25, 0.3) is 0 Å². The second-order valence-corrected chi connectivity index (χ2v) is 9.16. The first-order valence-corrected chi connectivity index (χ1v) is 10.2. The molecule has 0 aliphatic heterocycles. The normalized spacial score (nSPS) is 33.8. The molecule has 1 aromatic carbocycles. The van der Waals surface area contributed by atoms with E-state index in [1.165, 1.54) is 36.8 Å². The molecule has 0 radical (unpaired) electrons. The minimum Gasteiger partial charge on any atom is -0.455 e. The number of amides is 1. The van der Waals surface area contributed by atoms with Gasteiger partial charge in [0.25, 0.3) is 5.91 Å². The molecular formula is C22H27NO3. The van der Waals surface area contributed by atoms with Crippen molar-refractivity contribution in [3.8, 4) is 0 Å². The number of rotatable bonds is 4. The molecule has 4 saturated carbocycles. The first kappa shape index (κ1) is 16.3. The van der Waals surface area contributed by atoms with Gasteiger partial charge >= 0.3 is 5.97 Å². The number of benzene rings is 1. The Bertz CT molecular complexity index is 718. The molecule has 4 heteroatoms. The lowest BCUT2D eigenvalue weighted by atomic mass is 9.49. The molecule has 0 atom stereocenters. The lowest BCUT2D eigenvalue weighted by Crippen LogP contribution is -2.50. The van der Waals surface area contributed by atoms with Crippen molar-refractivity contribution in [1.29, 1.82) is 0 Å². The minimum absolute atomic E-state index is 0.124. The number of carbonyl (C=O) groups is 2. The number of ether oxygens (including phenoxy) is 1. The van der Waals surface area contributed by atoms with E-state index >= 15 is 0 Å². The van der Waals surface area contributed by atoms with Crippen molar-refractivity contribution < 1.29 is 14.3 Å². The molecule has 4 bridgehead atoms. The van der Waals surface area contributed by atoms with Gasteiger partial charge in [-0.1, -0.05) is 6.07 Å². The molecule has 5 aliphatic rings.